The van der Waals surface area contributed by atoms with Crippen LogP contribution in [0.1, 0.15) is 278 Å². The summed E-state index contributed by atoms with van der Waals surface area (Å²) in [7, 11) is -9.81. The van der Waals surface area contributed by atoms with Crippen LogP contribution in [0.5, 0.6) is 0 Å². The number of carbonyl (C=O) groups is 3. The number of rotatable bonds is 71. The Kier molecular flexibility index (Phi) is 70.9. The number of carbonyl (C=O) groups excluding carboxylic acids is 3. The molecule has 0 fully saturated rings. The number of aliphatic hydroxyl groups is 2. The molecule has 0 aliphatic rings. The maximum Gasteiger partial charge on any atom is 0.472 e. The van der Waals surface area contributed by atoms with Crippen LogP contribution >= 0.6 is 15.6 Å². The Morgan fingerprint density at radius 1 is 0.277 bits per heavy atom. The van der Waals surface area contributed by atoms with E-state index in [-0.39, 0.29) is 19.3 Å². The van der Waals surface area contributed by atoms with E-state index in [9.17, 15) is 43.5 Å². The zero-order chi connectivity index (χ0) is 73.7. The second kappa shape index (κ2) is 74.6. The number of ether oxygens (including phenoxy) is 3. The summed E-state index contributed by atoms with van der Waals surface area (Å²) in [6, 6.07) is 0. The molecule has 0 aliphatic carbocycles. The monoisotopic (exact) mass is 1450 g/mol. The van der Waals surface area contributed by atoms with Gasteiger partial charge in [0.2, 0.25) is 0 Å². The number of hydrogen-bond acceptors (Lipinski definition) is 14. The van der Waals surface area contributed by atoms with Crippen molar-refractivity contribution in [3.05, 3.63) is 170 Å². The third-order valence-corrected chi connectivity index (χ3v) is 17.3. The van der Waals surface area contributed by atoms with Gasteiger partial charge in [-0.3, -0.25) is 32.5 Å². The van der Waals surface area contributed by atoms with Crippen molar-refractivity contribution in [1.29, 1.82) is 0 Å². The van der Waals surface area contributed by atoms with Crippen molar-refractivity contribution in [1.82, 2.24) is 0 Å². The molecule has 0 heterocycles. The number of hydrogen-bond donors (Lipinski definition) is 4. The van der Waals surface area contributed by atoms with Gasteiger partial charge in [0, 0.05) is 19.3 Å². The molecule has 0 rings (SSSR count). The van der Waals surface area contributed by atoms with Crippen molar-refractivity contribution < 1.29 is 75.8 Å². The lowest BCUT2D eigenvalue weighted by molar-refractivity contribution is -0.161. The van der Waals surface area contributed by atoms with Crippen LogP contribution in [0.3, 0.4) is 0 Å². The highest BCUT2D eigenvalue weighted by Crippen LogP contribution is 2.45. The first-order chi connectivity index (χ1) is 49.2. The lowest BCUT2D eigenvalue weighted by Crippen LogP contribution is -2.30. The summed E-state index contributed by atoms with van der Waals surface area (Å²) < 4.78 is 61.1. The first-order valence-corrected chi connectivity index (χ1v) is 41.4. The molecular formula is C83H136O16P2. The molecular weight excluding hydrogens is 1310 g/mol. The van der Waals surface area contributed by atoms with E-state index in [4.69, 9.17) is 32.3 Å². The Morgan fingerprint density at radius 3 is 0.782 bits per heavy atom. The van der Waals surface area contributed by atoms with Crippen molar-refractivity contribution in [2.75, 3.05) is 39.6 Å². The number of phosphoric ester groups is 2. The van der Waals surface area contributed by atoms with Crippen molar-refractivity contribution in [2.45, 2.75) is 296 Å². The molecule has 0 saturated heterocycles. The normalized spacial score (nSPS) is 15.0. The molecule has 18 heteroatoms. The molecule has 0 radical (unpaired) electrons. The summed E-state index contributed by atoms with van der Waals surface area (Å²) in [5, 5.41) is 20.6. The highest BCUT2D eigenvalue weighted by atomic mass is 31.2. The summed E-state index contributed by atoms with van der Waals surface area (Å²) in [6.45, 7) is 2.27. The molecule has 0 amide bonds. The zero-order valence-corrected chi connectivity index (χ0v) is 64.3. The van der Waals surface area contributed by atoms with Gasteiger partial charge in [0.05, 0.1) is 26.4 Å². The van der Waals surface area contributed by atoms with Gasteiger partial charge in [0.25, 0.3) is 0 Å². The molecule has 0 saturated carbocycles. The van der Waals surface area contributed by atoms with Gasteiger partial charge in [-0.05, 0) is 148 Å². The third kappa shape index (κ3) is 75.9. The van der Waals surface area contributed by atoms with Gasteiger partial charge >= 0.3 is 33.6 Å². The molecule has 0 spiro atoms. The molecule has 0 aliphatic heterocycles. The van der Waals surface area contributed by atoms with Crippen molar-refractivity contribution in [3.8, 4) is 0 Å². The highest BCUT2D eigenvalue weighted by Gasteiger charge is 2.29. The van der Waals surface area contributed by atoms with Crippen LogP contribution in [0.15, 0.2) is 170 Å². The quantitative estimate of drug-likeness (QED) is 0.0146. The summed E-state index contributed by atoms with van der Waals surface area (Å²) >= 11 is 0. The molecule has 101 heavy (non-hydrogen) atoms. The van der Waals surface area contributed by atoms with Gasteiger partial charge in [-0.2, -0.15) is 0 Å². The average Bonchev–Trinajstić information content (AvgIpc) is 1.14. The predicted molar refractivity (Wildman–Crippen MR) is 417 cm³/mol. The lowest BCUT2D eigenvalue weighted by Gasteiger charge is -2.21. The highest BCUT2D eigenvalue weighted by molar-refractivity contribution is 7.47. The van der Waals surface area contributed by atoms with E-state index in [1.807, 2.05) is 0 Å². The largest absolute Gasteiger partial charge is 0.472 e. The van der Waals surface area contributed by atoms with Crippen molar-refractivity contribution in [3.63, 3.8) is 0 Å². The van der Waals surface area contributed by atoms with Crippen LogP contribution in [0.25, 0.3) is 0 Å². The summed E-state index contributed by atoms with van der Waals surface area (Å²) in [5.74, 6) is -1.63. The van der Waals surface area contributed by atoms with Crippen LogP contribution in [0.2, 0.25) is 0 Å². The number of esters is 3. The van der Waals surface area contributed by atoms with Gasteiger partial charge in [-0.1, -0.05) is 281 Å². The molecule has 16 nitrogen and oxygen atoms in total. The van der Waals surface area contributed by atoms with Gasteiger partial charge < -0.3 is 34.2 Å². The minimum Gasteiger partial charge on any atom is -0.463 e. The van der Waals surface area contributed by atoms with Crippen molar-refractivity contribution in [2.24, 2.45) is 0 Å². The lowest BCUT2D eigenvalue weighted by atomic mass is 10.1. The van der Waals surface area contributed by atoms with Gasteiger partial charge in [0.15, 0.2) is 6.10 Å². The molecule has 574 valence electrons. The van der Waals surface area contributed by atoms with Gasteiger partial charge in [-0.25, -0.2) is 9.13 Å². The van der Waals surface area contributed by atoms with E-state index in [0.29, 0.717) is 19.3 Å². The Morgan fingerprint density at radius 2 is 0.495 bits per heavy atom. The third-order valence-electron chi connectivity index (χ3n) is 15.4. The zero-order valence-electron chi connectivity index (χ0n) is 62.5. The number of unbranched alkanes of at least 4 members (excludes halogenated alkanes) is 20. The van der Waals surface area contributed by atoms with E-state index >= 15 is 0 Å². The Hall–Kier alpha value is -5.09. The second-order valence-corrected chi connectivity index (χ2v) is 27.9. The number of phosphoric acid groups is 2. The summed E-state index contributed by atoms with van der Waals surface area (Å²) in [6.07, 6.45) is 94.0. The molecule has 5 unspecified atom stereocenters. The Balaban J connectivity index is 4.59. The van der Waals surface area contributed by atoms with E-state index in [1.165, 1.54) is 32.1 Å². The number of allylic oxidation sites excluding steroid dienone is 28. The molecule has 4 N–H and O–H groups in total. The molecule has 0 aromatic heterocycles. The van der Waals surface area contributed by atoms with Crippen LogP contribution in [-0.4, -0.2) is 95.9 Å². The molecule has 0 bridgehead atoms. The molecule has 5 atom stereocenters. The first-order valence-electron chi connectivity index (χ1n) is 38.4. The fraction of sp³-hybridized carbons (Fsp3) is 0.627. The predicted octanol–water partition coefficient (Wildman–Crippen LogP) is 22.4. The van der Waals surface area contributed by atoms with Gasteiger partial charge in [0.1, 0.15) is 25.4 Å². The standard InChI is InChI=1S/C83H136O16P2/c1-4-7-10-13-16-19-22-25-28-30-32-34-35-36-37-38-39-40-41-43-45-46-49-51-54-57-60-63-66-69-81(86)93-72-78(84)73-95-100(89,90)96-74-79(85)75-97-101(91,92)98-77-80(99-83(88)71-68-65-62-59-56-53-48-27-24-21-18-15-12-9-6-3)76-94-82(87)70-67-64-61-58-55-52-50-47-44-42-33-31-29-26-23-20-17-14-11-8-5-2/h7-12,16-21,25-29,32-34,36-37,39-40,42,47-48,50,78-80,84-85H,4-6,13-15,22-24,30-31,35,38,41,43-46,49,51-77H2,1-3H3,(H,89,90)(H,91,92)/b10-7-,11-8-,12-9-,19-16-,20-17-,21-18-,28-25-,29-26-,34-32-,37-36-,40-39-,42-33-,48-27-,50-47-. The van der Waals surface area contributed by atoms with Crippen LogP contribution < -0.4 is 0 Å². The van der Waals surface area contributed by atoms with E-state index in [2.05, 4.69) is 191 Å². The van der Waals surface area contributed by atoms with Crippen LogP contribution in [0, 0.1) is 0 Å². The van der Waals surface area contributed by atoms with E-state index in [0.717, 1.165) is 186 Å². The SMILES string of the molecule is CC/C=C\C/C=C\C/C=C\C/C=C\C/C=C\C/C=C\CCCCCCCCCCCCC(=O)OCC(O)COP(=O)(O)OCC(O)COP(=O)(O)OCC(COC(=O)CCCCCCC/C=C\C/C=C\C/C=C\C/C=C\C/C=C\CC)OC(=O)CCCCCCC/C=C\C/C=C\C/C=C\CC. The molecule has 0 aromatic carbocycles. The summed E-state index contributed by atoms with van der Waals surface area (Å²) in [5.41, 5.74) is 0. The fourth-order valence-electron chi connectivity index (χ4n) is 9.67. The smallest absolute Gasteiger partial charge is 0.463 e. The van der Waals surface area contributed by atoms with Crippen LogP contribution in [0.4, 0.5) is 0 Å². The first kappa shape index (κ1) is 95.9. The topological polar surface area (TPSA) is 231 Å². The van der Waals surface area contributed by atoms with Crippen molar-refractivity contribution >= 4 is 33.6 Å². The van der Waals surface area contributed by atoms with Gasteiger partial charge in [-0.15, -0.1) is 0 Å². The minimum atomic E-state index is -4.95. The van der Waals surface area contributed by atoms with Crippen LogP contribution in [-0.2, 0) is 55.8 Å². The maximum absolute atomic E-state index is 13.0. The maximum atomic E-state index is 13.0. The van der Waals surface area contributed by atoms with E-state index in [1.54, 1.807) is 0 Å². The van der Waals surface area contributed by atoms with E-state index < -0.39 is 91.5 Å². The second-order valence-electron chi connectivity index (χ2n) is 25.0. The fourth-order valence-corrected chi connectivity index (χ4v) is 11.3. The average molecular weight is 1450 g/mol. The Labute approximate surface area is 612 Å². The number of aliphatic hydroxyl groups excluding tert-OH is 2. The molecule has 0 aromatic rings. The summed E-state index contributed by atoms with van der Waals surface area (Å²) in [4.78, 5) is 58.6. The Bertz CT molecular complexity index is 2520. The minimum absolute atomic E-state index is 0.0748.